The van der Waals surface area contributed by atoms with Crippen LogP contribution < -0.4 is 15.4 Å². The largest absolute Gasteiger partial charge is 0.496 e. The first kappa shape index (κ1) is 23.9. The molecular formula is C27H24F2N2O4. The van der Waals surface area contributed by atoms with Gasteiger partial charge in [-0.1, -0.05) is 0 Å². The molecule has 0 aliphatic carbocycles. The predicted molar refractivity (Wildman–Crippen MR) is 130 cm³/mol. The van der Waals surface area contributed by atoms with Gasteiger partial charge in [-0.05, 0) is 73.5 Å². The third-order valence-corrected chi connectivity index (χ3v) is 5.77. The van der Waals surface area contributed by atoms with Gasteiger partial charge >= 0.3 is 0 Å². The summed E-state index contributed by atoms with van der Waals surface area (Å²) in [7, 11) is 2.89. The number of ether oxygens (including phenoxy) is 1. The van der Waals surface area contributed by atoms with Gasteiger partial charge in [-0.2, -0.15) is 0 Å². The molecular weight excluding hydrogens is 454 g/mol. The van der Waals surface area contributed by atoms with Gasteiger partial charge in [0, 0.05) is 24.7 Å². The van der Waals surface area contributed by atoms with Crippen LogP contribution in [0.2, 0.25) is 0 Å². The number of amides is 2. The van der Waals surface area contributed by atoms with Crippen molar-refractivity contribution >= 4 is 22.8 Å². The first-order valence-corrected chi connectivity index (χ1v) is 11.0. The van der Waals surface area contributed by atoms with Gasteiger partial charge in [0.2, 0.25) is 0 Å². The number of benzene rings is 3. The zero-order valence-corrected chi connectivity index (χ0v) is 19.7. The highest BCUT2D eigenvalue weighted by molar-refractivity contribution is 6.12. The number of aryl methyl sites for hydroxylation is 1. The average Bonchev–Trinajstić information content (AvgIpc) is 3.25. The molecule has 3 aromatic carbocycles. The van der Waals surface area contributed by atoms with Crippen molar-refractivity contribution in [1.29, 1.82) is 0 Å². The molecule has 0 saturated carbocycles. The summed E-state index contributed by atoms with van der Waals surface area (Å²) in [5.74, 6) is -1.52. The second-order valence-electron chi connectivity index (χ2n) is 7.92. The highest BCUT2D eigenvalue weighted by Gasteiger charge is 2.27. The molecule has 1 aromatic heterocycles. The second kappa shape index (κ2) is 9.58. The van der Waals surface area contributed by atoms with E-state index >= 15 is 4.39 Å². The minimum atomic E-state index is -0.673. The summed E-state index contributed by atoms with van der Waals surface area (Å²) in [6, 6.07) is 11.8. The maximum atomic E-state index is 16.1. The van der Waals surface area contributed by atoms with E-state index in [1.807, 2.05) is 0 Å². The van der Waals surface area contributed by atoms with E-state index in [4.69, 9.17) is 9.15 Å². The molecule has 0 aliphatic heterocycles. The van der Waals surface area contributed by atoms with Crippen LogP contribution >= 0.6 is 0 Å². The van der Waals surface area contributed by atoms with E-state index in [0.29, 0.717) is 29.0 Å². The molecule has 0 spiro atoms. The van der Waals surface area contributed by atoms with E-state index in [-0.39, 0.29) is 39.3 Å². The van der Waals surface area contributed by atoms with E-state index in [9.17, 15) is 14.0 Å². The van der Waals surface area contributed by atoms with E-state index in [0.717, 1.165) is 0 Å². The van der Waals surface area contributed by atoms with Crippen LogP contribution in [0.1, 0.15) is 33.2 Å². The van der Waals surface area contributed by atoms with Gasteiger partial charge in [0.25, 0.3) is 11.8 Å². The van der Waals surface area contributed by atoms with Crippen LogP contribution in [0.25, 0.3) is 33.4 Å². The Hall–Kier alpha value is -4.20. The van der Waals surface area contributed by atoms with Crippen molar-refractivity contribution in [1.82, 2.24) is 10.6 Å². The van der Waals surface area contributed by atoms with E-state index in [2.05, 4.69) is 10.6 Å². The van der Waals surface area contributed by atoms with Crippen LogP contribution in [-0.4, -0.2) is 32.5 Å². The van der Waals surface area contributed by atoms with Crippen LogP contribution in [-0.2, 0) is 0 Å². The first-order chi connectivity index (χ1) is 16.8. The Morgan fingerprint density at radius 1 is 1.00 bits per heavy atom. The minimum Gasteiger partial charge on any atom is -0.496 e. The molecule has 0 radical (unpaired) electrons. The molecule has 8 heteroatoms. The number of hydrogen-bond donors (Lipinski definition) is 2. The SMILES string of the molecule is CCNC(=O)c1cc(-c2ccc3oc(-c4ccc(F)cc4)c(C(=O)NC)c3c2F)c(C)cc1OC. The highest BCUT2D eigenvalue weighted by atomic mass is 19.1. The van der Waals surface area contributed by atoms with Crippen molar-refractivity contribution in [2.24, 2.45) is 0 Å². The summed E-state index contributed by atoms with van der Waals surface area (Å²) in [5, 5.41) is 5.25. The molecule has 1 heterocycles. The number of fused-ring (bicyclic) bond motifs is 1. The number of methoxy groups -OCH3 is 1. The van der Waals surface area contributed by atoms with Crippen LogP contribution in [0.3, 0.4) is 0 Å². The molecule has 0 fully saturated rings. The van der Waals surface area contributed by atoms with Crippen molar-refractivity contribution in [3.63, 3.8) is 0 Å². The van der Waals surface area contributed by atoms with Crippen molar-refractivity contribution in [3.05, 3.63) is 76.9 Å². The lowest BCUT2D eigenvalue weighted by atomic mass is 9.94. The molecule has 180 valence electrons. The summed E-state index contributed by atoms with van der Waals surface area (Å²) < 4.78 is 40.8. The lowest BCUT2D eigenvalue weighted by Crippen LogP contribution is -2.23. The Labute approximate surface area is 200 Å². The normalized spacial score (nSPS) is 10.9. The van der Waals surface area contributed by atoms with E-state index < -0.39 is 17.5 Å². The average molecular weight is 478 g/mol. The standard InChI is InChI=1S/C27H24F2N2O4/c1-5-31-26(32)19-13-18(14(2)12-21(19)34-4)17-10-11-20-22(24(17)29)23(27(33)30-3)25(35-20)15-6-8-16(28)9-7-15/h6-13H,5H2,1-4H3,(H,30,33)(H,31,32). The molecule has 2 amide bonds. The number of nitrogens with one attached hydrogen (secondary N) is 2. The zero-order valence-electron chi connectivity index (χ0n) is 19.7. The molecule has 0 saturated heterocycles. The van der Waals surface area contributed by atoms with Crippen molar-refractivity contribution in [2.75, 3.05) is 20.7 Å². The van der Waals surface area contributed by atoms with Gasteiger partial charge in [0.05, 0.1) is 23.6 Å². The molecule has 0 atom stereocenters. The lowest BCUT2D eigenvalue weighted by molar-refractivity contribution is 0.0948. The topological polar surface area (TPSA) is 80.6 Å². The highest BCUT2D eigenvalue weighted by Crippen LogP contribution is 2.40. The summed E-state index contributed by atoms with van der Waals surface area (Å²) >= 11 is 0. The number of rotatable bonds is 6. The Bertz CT molecular complexity index is 1440. The maximum Gasteiger partial charge on any atom is 0.255 e. The van der Waals surface area contributed by atoms with Crippen molar-refractivity contribution in [3.8, 4) is 28.2 Å². The Morgan fingerprint density at radius 2 is 1.71 bits per heavy atom. The zero-order chi connectivity index (χ0) is 25.3. The number of carbonyl (C=O) groups excluding carboxylic acids is 2. The van der Waals surface area contributed by atoms with Crippen molar-refractivity contribution < 1.29 is 27.5 Å². The van der Waals surface area contributed by atoms with Crippen molar-refractivity contribution in [2.45, 2.75) is 13.8 Å². The van der Waals surface area contributed by atoms with Gasteiger partial charge < -0.3 is 19.8 Å². The second-order valence-corrected chi connectivity index (χ2v) is 7.92. The summed E-state index contributed by atoms with van der Waals surface area (Å²) in [6.45, 7) is 4.00. The number of hydrogen-bond acceptors (Lipinski definition) is 4. The smallest absolute Gasteiger partial charge is 0.255 e. The molecule has 4 aromatic rings. The summed E-state index contributed by atoms with van der Waals surface area (Å²) in [6.07, 6.45) is 0. The van der Waals surface area contributed by atoms with Gasteiger partial charge in [-0.15, -0.1) is 0 Å². The Morgan fingerprint density at radius 3 is 2.34 bits per heavy atom. The Kier molecular flexibility index (Phi) is 6.55. The monoisotopic (exact) mass is 478 g/mol. The molecule has 4 rings (SSSR count). The molecule has 35 heavy (non-hydrogen) atoms. The van der Waals surface area contributed by atoms with Gasteiger partial charge in [-0.3, -0.25) is 9.59 Å². The molecule has 2 N–H and O–H groups in total. The summed E-state index contributed by atoms with van der Waals surface area (Å²) in [4.78, 5) is 25.4. The quantitative estimate of drug-likeness (QED) is 0.385. The molecule has 0 aliphatic rings. The summed E-state index contributed by atoms with van der Waals surface area (Å²) in [5.41, 5.74) is 2.21. The first-order valence-electron chi connectivity index (χ1n) is 11.0. The van der Waals surface area contributed by atoms with Gasteiger partial charge in [-0.25, -0.2) is 8.78 Å². The van der Waals surface area contributed by atoms with E-state index in [1.165, 1.54) is 38.4 Å². The van der Waals surface area contributed by atoms with E-state index in [1.54, 1.807) is 38.1 Å². The third kappa shape index (κ3) is 4.23. The van der Waals surface area contributed by atoms with Crippen LogP contribution in [0.15, 0.2) is 52.9 Å². The number of halogens is 2. The minimum absolute atomic E-state index is 0.00331. The molecule has 0 unspecified atom stereocenters. The molecule has 0 bridgehead atoms. The van der Waals surface area contributed by atoms with Gasteiger partial charge in [0.1, 0.15) is 28.7 Å². The fourth-order valence-corrected chi connectivity index (χ4v) is 4.08. The molecule has 6 nitrogen and oxygen atoms in total. The number of furan rings is 1. The van der Waals surface area contributed by atoms with Crippen LogP contribution in [0.4, 0.5) is 8.78 Å². The number of carbonyl (C=O) groups is 2. The Balaban J connectivity index is 1.98. The fourth-order valence-electron chi connectivity index (χ4n) is 4.08. The van der Waals surface area contributed by atoms with Crippen LogP contribution in [0, 0.1) is 18.6 Å². The maximum absolute atomic E-state index is 16.1. The van der Waals surface area contributed by atoms with Crippen LogP contribution in [0.5, 0.6) is 5.75 Å². The van der Waals surface area contributed by atoms with Gasteiger partial charge in [0.15, 0.2) is 0 Å². The third-order valence-electron chi connectivity index (χ3n) is 5.77. The predicted octanol–water partition coefficient (Wildman–Crippen LogP) is 5.47. The lowest BCUT2D eigenvalue weighted by Gasteiger charge is -2.14. The fraction of sp³-hybridized carbons (Fsp3) is 0.185.